The Morgan fingerprint density at radius 1 is 1.21 bits per heavy atom. The van der Waals surface area contributed by atoms with Gasteiger partial charge in [0.2, 0.25) is 16.2 Å². The van der Waals surface area contributed by atoms with Crippen molar-refractivity contribution < 1.29 is 4.79 Å². The van der Waals surface area contributed by atoms with E-state index in [1.54, 1.807) is 4.90 Å². The van der Waals surface area contributed by atoms with E-state index in [9.17, 15) is 9.59 Å². The predicted octanol–water partition coefficient (Wildman–Crippen LogP) is 2.16. The lowest BCUT2D eigenvalue weighted by Gasteiger charge is -2.17. The van der Waals surface area contributed by atoms with Crippen molar-refractivity contribution in [3.8, 4) is 0 Å². The molecule has 0 aliphatic carbocycles. The van der Waals surface area contributed by atoms with E-state index in [2.05, 4.69) is 20.2 Å². The third-order valence-electron chi connectivity index (χ3n) is 4.50. The molecular weight excluding hydrogens is 430 g/mol. The van der Waals surface area contributed by atoms with E-state index < -0.39 is 0 Å². The number of fused-ring (bicyclic) bond motifs is 1. The average molecular weight is 454 g/mol. The highest BCUT2D eigenvalue weighted by Gasteiger charge is 2.16. The van der Waals surface area contributed by atoms with Crippen molar-refractivity contribution in [3.05, 3.63) is 26.6 Å². The van der Waals surface area contributed by atoms with E-state index in [1.165, 1.54) is 39.5 Å². The van der Waals surface area contributed by atoms with Gasteiger partial charge < -0.3 is 15.7 Å². The van der Waals surface area contributed by atoms with E-state index in [-0.39, 0.29) is 17.2 Å². The molecule has 12 heteroatoms. The molecule has 3 rings (SSSR count). The molecule has 0 aromatic carbocycles. The summed E-state index contributed by atoms with van der Waals surface area (Å²) in [5.74, 6) is 7.32. The van der Waals surface area contributed by atoms with Crippen molar-refractivity contribution >= 4 is 51.0 Å². The van der Waals surface area contributed by atoms with Gasteiger partial charge in [0.25, 0.3) is 5.56 Å². The lowest BCUT2D eigenvalue weighted by molar-refractivity contribution is -0.127. The maximum absolute atomic E-state index is 12.4. The highest BCUT2D eigenvalue weighted by atomic mass is 32.2. The van der Waals surface area contributed by atoms with E-state index in [1.807, 2.05) is 27.7 Å². The standard InChI is InChI=1S/C17H23N7O2S3/c1-5-23(6-2)12(25)8-28-17-22-21-16(24(17)18)27-7-11-19-14(26)13-9(3)10(4)29-15(13)20-11/h5-8,18H2,1-4H3,(H,19,20,26). The van der Waals surface area contributed by atoms with Gasteiger partial charge in [0.05, 0.1) is 16.9 Å². The number of aromatic nitrogens is 5. The molecule has 3 N–H and O–H groups in total. The minimum absolute atomic E-state index is 0.0359. The molecule has 3 heterocycles. The maximum atomic E-state index is 12.4. The van der Waals surface area contributed by atoms with Crippen molar-refractivity contribution in [2.45, 2.75) is 43.8 Å². The summed E-state index contributed by atoms with van der Waals surface area (Å²) in [7, 11) is 0. The van der Waals surface area contributed by atoms with Gasteiger partial charge in [0, 0.05) is 18.0 Å². The fourth-order valence-corrected chi connectivity index (χ4v) is 5.35. The second-order valence-corrected chi connectivity index (χ2v) is 9.34. The number of H-pyrrole nitrogens is 1. The Morgan fingerprint density at radius 3 is 2.52 bits per heavy atom. The fraction of sp³-hybridized carbons (Fsp3) is 0.471. The quantitative estimate of drug-likeness (QED) is 0.393. The number of thioether (sulfide) groups is 2. The van der Waals surface area contributed by atoms with E-state index in [4.69, 9.17) is 5.84 Å². The molecule has 0 aliphatic rings. The van der Waals surface area contributed by atoms with Gasteiger partial charge in [-0.2, -0.15) is 0 Å². The lowest BCUT2D eigenvalue weighted by atomic mass is 10.2. The Morgan fingerprint density at radius 2 is 1.86 bits per heavy atom. The molecule has 0 unspecified atom stereocenters. The maximum Gasteiger partial charge on any atom is 0.259 e. The number of nitrogens with two attached hydrogens (primary N) is 1. The highest BCUT2D eigenvalue weighted by molar-refractivity contribution is 8.00. The summed E-state index contributed by atoms with van der Waals surface area (Å²) in [5, 5.41) is 9.76. The Kier molecular flexibility index (Phi) is 6.85. The van der Waals surface area contributed by atoms with Crippen LogP contribution in [0, 0.1) is 13.8 Å². The molecule has 0 saturated heterocycles. The molecule has 9 nitrogen and oxygen atoms in total. The summed E-state index contributed by atoms with van der Waals surface area (Å²) in [5.41, 5.74) is 0.841. The van der Waals surface area contributed by atoms with E-state index in [0.717, 1.165) is 15.3 Å². The van der Waals surface area contributed by atoms with Crippen LogP contribution in [0.25, 0.3) is 10.2 Å². The zero-order valence-corrected chi connectivity index (χ0v) is 19.1. The number of thiophene rings is 1. The SMILES string of the molecule is CCN(CC)C(=O)CSc1nnc(SCc2nc3sc(C)c(C)c3c(=O)[nH]2)n1N. The van der Waals surface area contributed by atoms with E-state index in [0.29, 0.717) is 40.4 Å². The van der Waals surface area contributed by atoms with Crippen molar-refractivity contribution in [1.82, 2.24) is 29.7 Å². The Bertz CT molecular complexity index is 1080. The summed E-state index contributed by atoms with van der Waals surface area (Å²) in [6.07, 6.45) is 0. The van der Waals surface area contributed by atoms with Gasteiger partial charge in [-0.1, -0.05) is 23.5 Å². The molecule has 156 valence electrons. The normalized spacial score (nSPS) is 11.3. The van der Waals surface area contributed by atoms with Gasteiger partial charge in [-0.3, -0.25) is 9.59 Å². The van der Waals surface area contributed by atoms with Gasteiger partial charge in [-0.25, -0.2) is 9.66 Å². The van der Waals surface area contributed by atoms with Gasteiger partial charge in [-0.05, 0) is 33.3 Å². The lowest BCUT2D eigenvalue weighted by Crippen LogP contribution is -2.32. The Balaban J connectivity index is 1.67. The molecule has 3 aromatic rings. The van der Waals surface area contributed by atoms with Crippen LogP contribution >= 0.6 is 34.9 Å². The van der Waals surface area contributed by atoms with Gasteiger partial charge in [0.15, 0.2) is 0 Å². The Hall–Kier alpha value is -2.05. The fourth-order valence-electron chi connectivity index (χ4n) is 2.75. The molecule has 0 saturated carbocycles. The summed E-state index contributed by atoms with van der Waals surface area (Å²) in [4.78, 5) is 35.5. The number of nitrogens with zero attached hydrogens (tertiary/aromatic N) is 5. The number of carbonyl (C=O) groups excluding carboxylic acids is 1. The number of aryl methyl sites for hydroxylation is 2. The number of amides is 1. The minimum Gasteiger partial charge on any atom is -0.343 e. The highest BCUT2D eigenvalue weighted by Crippen LogP contribution is 2.27. The first-order chi connectivity index (χ1) is 13.8. The van der Waals surface area contributed by atoms with Crippen molar-refractivity contribution in [3.63, 3.8) is 0 Å². The number of rotatable bonds is 8. The number of nitrogens with one attached hydrogen (secondary N) is 1. The van der Waals surface area contributed by atoms with Crippen LogP contribution in [0.15, 0.2) is 15.1 Å². The van der Waals surface area contributed by atoms with Crippen LogP contribution in [0.3, 0.4) is 0 Å². The minimum atomic E-state index is -0.132. The monoisotopic (exact) mass is 453 g/mol. The summed E-state index contributed by atoms with van der Waals surface area (Å²) in [6.45, 7) is 9.15. The number of hydrogen-bond acceptors (Lipinski definition) is 9. The zero-order chi connectivity index (χ0) is 21.1. The van der Waals surface area contributed by atoms with Crippen LogP contribution in [0.2, 0.25) is 0 Å². The third-order valence-corrected chi connectivity index (χ3v) is 7.48. The number of nitrogen functional groups attached to an aromatic ring is 1. The molecule has 1 amide bonds. The summed E-state index contributed by atoms with van der Waals surface area (Å²) < 4.78 is 1.36. The second kappa shape index (κ2) is 9.18. The largest absolute Gasteiger partial charge is 0.343 e. The number of carbonyl (C=O) groups is 1. The smallest absolute Gasteiger partial charge is 0.259 e. The molecule has 0 radical (unpaired) electrons. The van der Waals surface area contributed by atoms with Crippen LogP contribution < -0.4 is 11.4 Å². The van der Waals surface area contributed by atoms with Crippen molar-refractivity contribution in [2.75, 3.05) is 24.7 Å². The zero-order valence-electron chi connectivity index (χ0n) is 16.7. The molecule has 0 atom stereocenters. The first kappa shape index (κ1) is 21.7. The van der Waals surface area contributed by atoms with Gasteiger partial charge >= 0.3 is 0 Å². The predicted molar refractivity (Wildman–Crippen MR) is 118 cm³/mol. The molecular formula is C17H23N7O2S3. The first-order valence-electron chi connectivity index (χ1n) is 9.08. The first-order valence-corrected chi connectivity index (χ1v) is 11.9. The third kappa shape index (κ3) is 4.59. The second-order valence-electron chi connectivity index (χ2n) is 6.25. The van der Waals surface area contributed by atoms with Crippen LogP contribution in [0.1, 0.15) is 30.1 Å². The van der Waals surface area contributed by atoms with Crippen molar-refractivity contribution in [1.29, 1.82) is 0 Å². The number of aromatic amines is 1. The van der Waals surface area contributed by atoms with E-state index >= 15 is 0 Å². The topological polar surface area (TPSA) is 123 Å². The average Bonchev–Trinajstić information content (AvgIpc) is 3.18. The van der Waals surface area contributed by atoms with Crippen LogP contribution in [0.5, 0.6) is 0 Å². The Labute approximate surface area is 180 Å². The van der Waals surface area contributed by atoms with Gasteiger partial charge in [-0.15, -0.1) is 21.5 Å². The summed E-state index contributed by atoms with van der Waals surface area (Å²) >= 11 is 4.09. The van der Waals surface area contributed by atoms with Crippen LogP contribution in [0.4, 0.5) is 0 Å². The number of hydrogen-bond donors (Lipinski definition) is 2. The molecule has 0 spiro atoms. The molecule has 29 heavy (non-hydrogen) atoms. The molecule has 0 bridgehead atoms. The molecule has 0 fully saturated rings. The van der Waals surface area contributed by atoms with Gasteiger partial charge in [0.1, 0.15) is 10.7 Å². The van der Waals surface area contributed by atoms with Crippen LogP contribution in [-0.4, -0.2) is 54.5 Å². The summed E-state index contributed by atoms with van der Waals surface area (Å²) in [6, 6.07) is 0. The molecule has 3 aromatic heterocycles. The van der Waals surface area contributed by atoms with Crippen molar-refractivity contribution in [2.24, 2.45) is 0 Å². The molecule has 0 aliphatic heterocycles. The van der Waals surface area contributed by atoms with Crippen LogP contribution in [-0.2, 0) is 10.5 Å².